The highest BCUT2D eigenvalue weighted by molar-refractivity contribution is 7.92. The molecule has 214 valence electrons. The summed E-state index contributed by atoms with van der Waals surface area (Å²) < 4.78 is 71.4. The summed E-state index contributed by atoms with van der Waals surface area (Å²) in [6.07, 6.45) is 1.06. The third kappa shape index (κ3) is 6.49. The number of nitrogens with one attached hydrogen (secondary N) is 2. The van der Waals surface area contributed by atoms with Crippen LogP contribution in [-0.2, 0) is 24.8 Å². The van der Waals surface area contributed by atoms with Gasteiger partial charge in [-0.1, -0.05) is 0 Å². The lowest BCUT2D eigenvalue weighted by Crippen LogP contribution is -2.43. The average Bonchev–Trinajstić information content (AvgIpc) is 2.97. The van der Waals surface area contributed by atoms with E-state index in [1.165, 1.54) is 68.1 Å². The number of ether oxygens (including phenoxy) is 3. The summed E-state index contributed by atoms with van der Waals surface area (Å²) >= 11 is 0. The molecule has 0 aromatic heterocycles. The Morgan fingerprint density at radius 3 is 2.08 bits per heavy atom. The van der Waals surface area contributed by atoms with Crippen LogP contribution in [0.2, 0.25) is 0 Å². The van der Waals surface area contributed by atoms with Gasteiger partial charge in [0.05, 0.1) is 42.7 Å². The molecule has 1 fully saturated rings. The number of anilines is 2. The normalized spacial score (nSPS) is 16.1. The third-order valence-electron chi connectivity index (χ3n) is 6.54. The summed E-state index contributed by atoms with van der Waals surface area (Å²) in [4.78, 5) is 13.1. The van der Waals surface area contributed by atoms with E-state index in [1.807, 2.05) is 0 Å². The first kappa shape index (κ1) is 29.2. The molecule has 1 heterocycles. The van der Waals surface area contributed by atoms with Crippen LogP contribution >= 0.6 is 0 Å². The highest BCUT2D eigenvalue weighted by atomic mass is 32.2. The van der Waals surface area contributed by atoms with E-state index in [0.29, 0.717) is 42.3 Å². The lowest BCUT2D eigenvalue weighted by atomic mass is 9.99. The number of hydrogen-bond acceptors (Lipinski definition) is 8. The quantitative estimate of drug-likeness (QED) is 0.366. The van der Waals surface area contributed by atoms with E-state index in [-0.39, 0.29) is 27.9 Å². The second kappa shape index (κ2) is 12.1. The second-order valence-corrected chi connectivity index (χ2v) is 12.7. The van der Waals surface area contributed by atoms with Gasteiger partial charge >= 0.3 is 0 Å². The molecule has 1 atom stereocenters. The molecule has 1 saturated heterocycles. The fraction of sp³-hybridized carbons (Fsp3) is 0.296. The molecule has 1 amide bonds. The standard InChI is InChI=1S/C27H31N3O8S2/c1-36-21-8-13-24(14-9-21)40(34,35)30-16-4-5-19(18-30)27(31)28-20-6-11-23(12-7-20)39(32,33)29-25-15-10-22(37-2)17-26(25)38-3/h6-15,17,19,29H,4-5,16,18H2,1-3H3,(H,28,31)/t19-/m1/s1. The zero-order chi connectivity index (χ0) is 28.9. The van der Waals surface area contributed by atoms with Gasteiger partial charge in [-0.05, 0) is 73.5 Å². The number of carbonyl (C=O) groups excluding carboxylic acids is 1. The maximum Gasteiger partial charge on any atom is 0.262 e. The van der Waals surface area contributed by atoms with Crippen LogP contribution in [0.3, 0.4) is 0 Å². The van der Waals surface area contributed by atoms with Gasteiger partial charge in [-0.15, -0.1) is 0 Å². The highest BCUT2D eigenvalue weighted by Crippen LogP contribution is 2.31. The second-order valence-electron chi connectivity index (χ2n) is 9.06. The molecule has 3 aromatic rings. The largest absolute Gasteiger partial charge is 0.497 e. The molecule has 1 aliphatic heterocycles. The molecule has 1 aliphatic rings. The first-order valence-electron chi connectivity index (χ1n) is 12.4. The number of benzene rings is 3. The topological polar surface area (TPSA) is 140 Å². The van der Waals surface area contributed by atoms with Crippen LogP contribution in [0, 0.1) is 5.92 Å². The van der Waals surface area contributed by atoms with Gasteiger partial charge in [0.2, 0.25) is 15.9 Å². The predicted molar refractivity (Wildman–Crippen MR) is 150 cm³/mol. The van der Waals surface area contributed by atoms with Crippen LogP contribution in [0.25, 0.3) is 0 Å². The van der Waals surface area contributed by atoms with Gasteiger partial charge in [0.1, 0.15) is 17.2 Å². The van der Waals surface area contributed by atoms with E-state index >= 15 is 0 Å². The van der Waals surface area contributed by atoms with Crippen molar-refractivity contribution in [2.24, 2.45) is 5.92 Å². The minimum atomic E-state index is -3.95. The van der Waals surface area contributed by atoms with Crippen molar-refractivity contribution in [2.45, 2.75) is 22.6 Å². The minimum Gasteiger partial charge on any atom is -0.497 e. The minimum absolute atomic E-state index is 0.0159. The van der Waals surface area contributed by atoms with Gasteiger partial charge in [0.25, 0.3) is 10.0 Å². The van der Waals surface area contributed by atoms with Crippen LogP contribution in [-0.4, -0.2) is 61.5 Å². The molecule has 0 aliphatic carbocycles. The maximum atomic E-state index is 13.1. The number of carbonyl (C=O) groups is 1. The Morgan fingerprint density at radius 2 is 1.45 bits per heavy atom. The summed E-state index contributed by atoms with van der Waals surface area (Å²) in [5.41, 5.74) is 0.633. The Hall–Kier alpha value is -3.81. The van der Waals surface area contributed by atoms with Crippen molar-refractivity contribution in [3.63, 3.8) is 0 Å². The van der Waals surface area contributed by atoms with Gasteiger partial charge in [-0.25, -0.2) is 16.8 Å². The molecule has 0 bridgehead atoms. The van der Waals surface area contributed by atoms with E-state index in [2.05, 4.69) is 10.0 Å². The summed E-state index contributed by atoms with van der Waals surface area (Å²) in [6, 6.07) is 16.5. The smallest absolute Gasteiger partial charge is 0.262 e. The van der Waals surface area contributed by atoms with Crippen molar-refractivity contribution < 1.29 is 35.8 Å². The SMILES string of the molecule is COc1ccc(S(=O)(=O)N2CCC[C@@H](C(=O)Nc3ccc(S(=O)(=O)Nc4ccc(OC)cc4OC)cc3)C2)cc1. The zero-order valence-electron chi connectivity index (χ0n) is 22.3. The molecule has 3 aromatic carbocycles. The number of rotatable bonds is 10. The fourth-order valence-electron chi connectivity index (χ4n) is 4.32. The van der Waals surface area contributed by atoms with Gasteiger partial charge in [0, 0.05) is 24.8 Å². The Morgan fingerprint density at radius 1 is 0.825 bits per heavy atom. The summed E-state index contributed by atoms with van der Waals surface area (Å²) in [5, 5.41) is 2.77. The van der Waals surface area contributed by atoms with Crippen LogP contribution in [0.4, 0.5) is 11.4 Å². The summed E-state index contributed by atoms with van der Waals surface area (Å²) in [6.45, 7) is 0.358. The van der Waals surface area contributed by atoms with Crippen LogP contribution in [0.5, 0.6) is 17.2 Å². The van der Waals surface area contributed by atoms with E-state index in [4.69, 9.17) is 14.2 Å². The Balaban J connectivity index is 1.41. The van der Waals surface area contributed by atoms with Crippen molar-refractivity contribution >= 4 is 37.3 Å². The van der Waals surface area contributed by atoms with Gasteiger partial charge in [-0.2, -0.15) is 4.31 Å². The van der Waals surface area contributed by atoms with Gasteiger partial charge in [0.15, 0.2) is 0 Å². The first-order chi connectivity index (χ1) is 19.1. The maximum absolute atomic E-state index is 13.1. The Bertz CT molecular complexity index is 1560. The van der Waals surface area contributed by atoms with Crippen molar-refractivity contribution in [1.29, 1.82) is 0 Å². The molecule has 0 spiro atoms. The summed E-state index contributed by atoms with van der Waals surface area (Å²) in [7, 11) is -3.31. The Labute approximate surface area is 234 Å². The van der Waals surface area contributed by atoms with Gasteiger partial charge < -0.3 is 19.5 Å². The average molecular weight is 590 g/mol. The molecular formula is C27H31N3O8S2. The molecule has 0 unspecified atom stereocenters. The molecule has 0 radical (unpaired) electrons. The zero-order valence-corrected chi connectivity index (χ0v) is 23.9. The number of sulfonamides is 2. The number of nitrogens with zero attached hydrogens (tertiary/aromatic N) is 1. The predicted octanol–water partition coefficient (Wildman–Crippen LogP) is 3.55. The lowest BCUT2D eigenvalue weighted by Gasteiger charge is -2.31. The van der Waals surface area contributed by atoms with Crippen LogP contribution in [0.1, 0.15) is 12.8 Å². The van der Waals surface area contributed by atoms with E-state index in [0.717, 1.165) is 0 Å². The number of methoxy groups -OCH3 is 3. The lowest BCUT2D eigenvalue weighted by molar-refractivity contribution is -0.120. The van der Waals surface area contributed by atoms with Crippen molar-refractivity contribution in [3.8, 4) is 17.2 Å². The van der Waals surface area contributed by atoms with Crippen molar-refractivity contribution in [2.75, 3.05) is 44.5 Å². The van der Waals surface area contributed by atoms with E-state index < -0.39 is 26.0 Å². The van der Waals surface area contributed by atoms with Crippen LogP contribution in [0.15, 0.2) is 76.5 Å². The Kier molecular flexibility index (Phi) is 8.86. The van der Waals surface area contributed by atoms with Crippen molar-refractivity contribution in [3.05, 3.63) is 66.7 Å². The number of piperidine rings is 1. The molecule has 2 N–H and O–H groups in total. The van der Waals surface area contributed by atoms with Crippen LogP contribution < -0.4 is 24.2 Å². The monoisotopic (exact) mass is 589 g/mol. The van der Waals surface area contributed by atoms with Gasteiger partial charge in [-0.3, -0.25) is 9.52 Å². The first-order valence-corrected chi connectivity index (χ1v) is 15.3. The molecule has 13 heteroatoms. The van der Waals surface area contributed by atoms with Crippen molar-refractivity contribution in [1.82, 2.24) is 4.31 Å². The van der Waals surface area contributed by atoms with E-state index in [1.54, 1.807) is 24.3 Å². The molecule has 4 rings (SSSR count). The fourth-order valence-corrected chi connectivity index (χ4v) is 6.91. The number of hydrogen-bond donors (Lipinski definition) is 2. The third-order valence-corrected chi connectivity index (χ3v) is 9.80. The number of amides is 1. The molecule has 11 nitrogen and oxygen atoms in total. The molecular weight excluding hydrogens is 558 g/mol. The molecule has 0 saturated carbocycles. The summed E-state index contributed by atoms with van der Waals surface area (Å²) in [5.74, 6) is 0.451. The molecule has 40 heavy (non-hydrogen) atoms. The van der Waals surface area contributed by atoms with E-state index in [9.17, 15) is 21.6 Å². The highest BCUT2D eigenvalue weighted by Gasteiger charge is 2.33.